The normalized spacial score (nSPS) is 11.4. The van der Waals surface area contributed by atoms with Crippen LogP contribution in [-0.2, 0) is 10.0 Å². The molecule has 2 rings (SSSR count). The van der Waals surface area contributed by atoms with Gasteiger partial charge in [-0.3, -0.25) is 4.72 Å². The maximum absolute atomic E-state index is 14.0. The van der Waals surface area contributed by atoms with Crippen LogP contribution in [0.5, 0.6) is 0 Å². The summed E-state index contributed by atoms with van der Waals surface area (Å²) in [6.45, 7) is 0. The number of nitrogen functional groups attached to an aromatic ring is 1. The van der Waals surface area contributed by atoms with Crippen molar-refractivity contribution < 1.29 is 12.8 Å². The number of nitrogens with two attached hydrogens (primary N) is 1. The monoisotopic (exact) mass is 458 g/mol. The van der Waals surface area contributed by atoms with E-state index in [1.54, 1.807) is 0 Å². The molecule has 1 aromatic heterocycles. The molecular weight excluding hydrogens is 454 g/mol. The average Bonchev–Trinajstić information content (AvgIpc) is 2.42. The molecule has 0 saturated carbocycles. The quantitative estimate of drug-likeness (QED) is 0.542. The summed E-state index contributed by atoms with van der Waals surface area (Å²) in [5, 5.41) is -0.0313. The minimum atomic E-state index is -4.25. The van der Waals surface area contributed by atoms with E-state index in [4.69, 9.17) is 17.3 Å². The fraction of sp³-hybridized carbons (Fsp3) is 0. The molecule has 0 fully saturated rings. The number of nitrogens with one attached hydrogen (secondary N) is 1. The number of benzene rings is 1. The molecule has 0 saturated heterocycles. The first-order valence-corrected chi connectivity index (χ1v) is 8.60. The van der Waals surface area contributed by atoms with Crippen molar-refractivity contribution in [2.75, 3.05) is 10.5 Å². The third-order valence-electron chi connectivity index (χ3n) is 2.31. The molecule has 0 aliphatic carbocycles. The van der Waals surface area contributed by atoms with Gasteiger partial charge in [0, 0.05) is 0 Å². The van der Waals surface area contributed by atoms with Gasteiger partial charge in [-0.2, -0.15) is 0 Å². The smallest absolute Gasteiger partial charge is 0.266 e. The Morgan fingerprint density at radius 2 is 1.95 bits per heavy atom. The molecule has 0 aliphatic heterocycles. The molecule has 1 aromatic carbocycles. The van der Waals surface area contributed by atoms with Crippen molar-refractivity contribution in [2.45, 2.75) is 4.90 Å². The van der Waals surface area contributed by atoms with Gasteiger partial charge >= 0.3 is 0 Å². The molecule has 0 amide bonds. The lowest BCUT2D eigenvalue weighted by molar-refractivity contribution is 0.572. The number of hydrogen-bond acceptors (Lipinski definition) is 5. The van der Waals surface area contributed by atoms with E-state index in [1.165, 1.54) is 12.4 Å². The first-order valence-electron chi connectivity index (χ1n) is 5.15. The van der Waals surface area contributed by atoms with E-state index in [2.05, 4.69) is 46.5 Å². The van der Waals surface area contributed by atoms with Crippen LogP contribution in [-0.4, -0.2) is 18.4 Å². The molecule has 0 aliphatic rings. The van der Waals surface area contributed by atoms with E-state index in [1.807, 2.05) is 0 Å². The third kappa shape index (κ3) is 3.44. The summed E-state index contributed by atoms with van der Waals surface area (Å²) in [7, 11) is -4.25. The van der Waals surface area contributed by atoms with Crippen LogP contribution in [0.2, 0.25) is 5.02 Å². The predicted octanol–water partition coefficient (Wildman–Crippen LogP) is 3.18. The van der Waals surface area contributed by atoms with Crippen molar-refractivity contribution in [1.82, 2.24) is 9.97 Å². The maximum atomic E-state index is 14.0. The van der Waals surface area contributed by atoms with Gasteiger partial charge in [-0.05, 0) is 37.9 Å². The van der Waals surface area contributed by atoms with E-state index in [-0.39, 0.29) is 15.3 Å². The van der Waals surface area contributed by atoms with E-state index in [9.17, 15) is 12.8 Å². The summed E-state index contributed by atoms with van der Waals surface area (Å²) in [5.41, 5.74) is 5.06. The molecule has 0 atom stereocenters. The van der Waals surface area contributed by atoms with E-state index in [0.29, 0.717) is 4.60 Å². The first kappa shape index (κ1) is 16.4. The van der Waals surface area contributed by atoms with Gasteiger partial charge in [0.1, 0.15) is 9.50 Å². The van der Waals surface area contributed by atoms with Crippen LogP contribution in [0.25, 0.3) is 0 Å². The fourth-order valence-electron chi connectivity index (χ4n) is 1.35. The van der Waals surface area contributed by atoms with Crippen molar-refractivity contribution in [1.29, 1.82) is 0 Å². The molecule has 2 aromatic rings. The second-order valence-electron chi connectivity index (χ2n) is 3.73. The summed E-state index contributed by atoms with van der Waals surface area (Å²) in [5.74, 6) is -1.18. The number of hydrogen-bond donors (Lipinski definition) is 2. The van der Waals surface area contributed by atoms with Crippen molar-refractivity contribution in [3.8, 4) is 0 Å². The number of anilines is 2. The molecule has 0 spiro atoms. The topological polar surface area (TPSA) is 98.0 Å². The molecule has 21 heavy (non-hydrogen) atoms. The highest BCUT2D eigenvalue weighted by atomic mass is 79.9. The Bertz CT molecular complexity index is 802. The second-order valence-corrected chi connectivity index (χ2v) is 7.39. The largest absolute Gasteiger partial charge is 0.395 e. The van der Waals surface area contributed by atoms with Crippen molar-refractivity contribution >= 4 is 65.0 Å². The number of aromatic nitrogens is 2. The Morgan fingerprint density at radius 1 is 1.29 bits per heavy atom. The van der Waals surface area contributed by atoms with E-state index < -0.39 is 26.4 Å². The van der Waals surface area contributed by atoms with Crippen LogP contribution in [0, 0.1) is 5.82 Å². The lowest BCUT2D eigenvalue weighted by atomic mass is 10.3. The van der Waals surface area contributed by atoms with Gasteiger partial charge in [-0.15, -0.1) is 0 Å². The number of nitrogens with zero attached hydrogens (tertiary/aromatic N) is 2. The maximum Gasteiger partial charge on any atom is 0.266 e. The highest BCUT2D eigenvalue weighted by Gasteiger charge is 2.24. The molecule has 6 nitrogen and oxygen atoms in total. The average molecular weight is 461 g/mol. The highest BCUT2D eigenvalue weighted by molar-refractivity contribution is 9.10. The summed E-state index contributed by atoms with van der Waals surface area (Å²) in [6.07, 6.45) is 2.46. The molecule has 0 unspecified atom stereocenters. The zero-order valence-corrected chi connectivity index (χ0v) is 14.7. The molecule has 3 N–H and O–H groups in total. The van der Waals surface area contributed by atoms with E-state index in [0.717, 1.165) is 6.07 Å². The summed E-state index contributed by atoms with van der Waals surface area (Å²) >= 11 is 11.8. The fourth-order valence-corrected chi connectivity index (χ4v) is 3.23. The van der Waals surface area contributed by atoms with Gasteiger partial charge < -0.3 is 5.73 Å². The summed E-state index contributed by atoms with van der Waals surface area (Å²) in [6, 6.07) is 0.950. The van der Waals surface area contributed by atoms with Gasteiger partial charge in [0.2, 0.25) is 0 Å². The summed E-state index contributed by atoms with van der Waals surface area (Å²) in [4.78, 5) is 6.91. The van der Waals surface area contributed by atoms with Crippen molar-refractivity contribution in [3.63, 3.8) is 0 Å². The molecule has 11 heteroatoms. The molecule has 1 heterocycles. The van der Waals surface area contributed by atoms with Crippen LogP contribution < -0.4 is 10.5 Å². The molecular formula is C10H6Br2ClFN4O2S. The standard InChI is InChI=1S/C10H6Br2ClFN4O2S/c11-6-2-17-7(3-16-6)18-21(19,20)5-1-4(13)8(12)10(15)9(5)14/h1-3H,15H2,(H,17,18). The van der Waals surface area contributed by atoms with Crippen molar-refractivity contribution in [3.05, 3.63) is 38.4 Å². The Hall–Kier alpha value is -0.970. The van der Waals surface area contributed by atoms with Crippen LogP contribution in [0.15, 0.2) is 32.4 Å². The van der Waals surface area contributed by atoms with Crippen LogP contribution in [0.1, 0.15) is 0 Å². The number of sulfonamides is 1. The van der Waals surface area contributed by atoms with Gasteiger partial charge in [-0.1, -0.05) is 11.6 Å². The zero-order chi connectivity index (χ0) is 15.8. The van der Waals surface area contributed by atoms with Gasteiger partial charge in [0.15, 0.2) is 11.6 Å². The Morgan fingerprint density at radius 3 is 2.52 bits per heavy atom. The summed E-state index contributed by atoms with van der Waals surface area (Å²) < 4.78 is 41.0. The minimum Gasteiger partial charge on any atom is -0.395 e. The molecule has 0 bridgehead atoms. The Balaban J connectivity index is 2.47. The van der Waals surface area contributed by atoms with Gasteiger partial charge in [-0.25, -0.2) is 22.8 Å². The van der Waals surface area contributed by atoms with Crippen LogP contribution in [0.3, 0.4) is 0 Å². The van der Waals surface area contributed by atoms with Gasteiger partial charge in [0.25, 0.3) is 10.0 Å². The number of halogens is 4. The molecule has 112 valence electrons. The lowest BCUT2D eigenvalue weighted by Gasteiger charge is -2.11. The predicted molar refractivity (Wildman–Crippen MR) is 84.1 cm³/mol. The lowest BCUT2D eigenvalue weighted by Crippen LogP contribution is -2.16. The number of rotatable bonds is 3. The molecule has 0 radical (unpaired) electrons. The SMILES string of the molecule is Nc1c(F)c(S(=O)(=O)Nc2cnc(Br)cn2)cc(Cl)c1Br. The first-order chi connectivity index (χ1) is 9.72. The highest BCUT2D eigenvalue weighted by Crippen LogP contribution is 2.35. The van der Waals surface area contributed by atoms with Gasteiger partial charge in [0.05, 0.1) is 27.6 Å². The van der Waals surface area contributed by atoms with E-state index >= 15 is 0 Å². The minimum absolute atomic E-state index is 0.0313. The third-order valence-corrected chi connectivity index (χ3v) is 5.45. The Labute approximate surface area is 141 Å². The second kappa shape index (κ2) is 6.03. The van der Waals surface area contributed by atoms with Crippen molar-refractivity contribution in [2.24, 2.45) is 0 Å². The zero-order valence-electron chi connectivity index (χ0n) is 9.94. The van der Waals surface area contributed by atoms with Crippen LogP contribution >= 0.6 is 43.5 Å². The Kier molecular flexibility index (Phi) is 4.71. The van der Waals surface area contributed by atoms with Crippen LogP contribution in [0.4, 0.5) is 15.9 Å².